The highest BCUT2D eigenvalue weighted by Gasteiger charge is 2.89. The molecule has 30 heavy (non-hydrogen) atoms. The quantitative estimate of drug-likeness (QED) is 0.404. The molecular formula is C11H9F15O3Si. The number of ether oxygens (including phenoxy) is 3. The molecule has 0 aromatic heterocycles. The first-order valence-electron chi connectivity index (χ1n) is 7.21. The monoisotopic (exact) mass is 502 g/mol. The van der Waals surface area contributed by atoms with E-state index in [0.29, 0.717) is 6.92 Å². The molecule has 0 radical (unpaired) electrons. The molecule has 0 aromatic rings. The van der Waals surface area contributed by atoms with Crippen LogP contribution in [-0.4, -0.2) is 64.9 Å². The highest BCUT2D eigenvalue weighted by atomic mass is 28.1. The van der Waals surface area contributed by atoms with Gasteiger partial charge >= 0.3 is 36.2 Å². The molecule has 0 spiro atoms. The fourth-order valence-electron chi connectivity index (χ4n) is 2.04. The molecule has 4 atom stereocenters. The molecule has 0 bridgehead atoms. The Morgan fingerprint density at radius 2 is 1.20 bits per heavy atom. The van der Waals surface area contributed by atoms with Gasteiger partial charge in [0.1, 0.15) is 0 Å². The first-order chi connectivity index (χ1) is 12.9. The summed E-state index contributed by atoms with van der Waals surface area (Å²) in [7, 11) is -0.977. The Hall–Kier alpha value is -0.953. The Morgan fingerprint density at radius 3 is 1.50 bits per heavy atom. The van der Waals surface area contributed by atoms with E-state index < -0.39 is 70.4 Å². The van der Waals surface area contributed by atoms with Crippen molar-refractivity contribution in [2.75, 3.05) is 0 Å². The molecule has 0 aromatic carbocycles. The fourth-order valence-corrected chi connectivity index (χ4v) is 2.50. The lowest BCUT2D eigenvalue weighted by molar-refractivity contribution is -0.506. The predicted octanol–water partition coefficient (Wildman–Crippen LogP) is 4.16. The molecule has 3 nitrogen and oxygen atoms in total. The molecule has 0 aliphatic carbocycles. The summed E-state index contributed by atoms with van der Waals surface area (Å²) in [5, 5.41) is 0. The van der Waals surface area contributed by atoms with Gasteiger partial charge in [-0.2, -0.15) is 48.3 Å². The van der Waals surface area contributed by atoms with Gasteiger partial charge in [0.05, 0.1) is 0 Å². The molecule has 1 saturated heterocycles. The first-order valence-corrected chi connectivity index (χ1v) is 8.37. The van der Waals surface area contributed by atoms with E-state index in [9.17, 15) is 65.9 Å². The fraction of sp³-hybridized carbons (Fsp3) is 1.00. The van der Waals surface area contributed by atoms with Crippen LogP contribution in [0, 0.1) is 0 Å². The van der Waals surface area contributed by atoms with Gasteiger partial charge in [0, 0.05) is 15.8 Å². The Kier molecular flexibility index (Phi) is 6.58. The maximum atomic E-state index is 14.7. The van der Waals surface area contributed by atoms with Gasteiger partial charge in [-0.05, 0) is 0 Å². The van der Waals surface area contributed by atoms with Crippen molar-refractivity contribution in [1.82, 2.24) is 0 Å². The van der Waals surface area contributed by atoms with Crippen molar-refractivity contribution >= 4 is 10.2 Å². The lowest BCUT2D eigenvalue weighted by atomic mass is 10.1. The smallest absolute Gasteiger partial charge is 0.291 e. The molecule has 4 unspecified atom stereocenters. The molecule has 19 heteroatoms. The van der Waals surface area contributed by atoms with Crippen LogP contribution in [0.5, 0.6) is 0 Å². The second-order valence-corrected chi connectivity index (χ2v) is 7.86. The molecule has 0 saturated carbocycles. The summed E-state index contributed by atoms with van der Waals surface area (Å²) in [6.07, 6.45) is -30.9. The SMILES string of the molecule is CC([SiH3])C1(F)OC(C(F)(F)F)(C(F)(F)F)OC1(F)OC(F)(F)C(F)(F)C(F)C(F)F. The second-order valence-electron chi connectivity index (χ2n) is 6.13. The van der Waals surface area contributed by atoms with Crippen LogP contribution in [0.4, 0.5) is 65.9 Å². The van der Waals surface area contributed by atoms with E-state index in [4.69, 9.17) is 0 Å². The number of alkyl halides is 15. The maximum Gasteiger partial charge on any atom is 0.453 e. The zero-order chi connectivity index (χ0) is 24.4. The van der Waals surface area contributed by atoms with Gasteiger partial charge in [-0.3, -0.25) is 9.47 Å². The largest absolute Gasteiger partial charge is 0.453 e. The van der Waals surface area contributed by atoms with Gasteiger partial charge in [-0.25, -0.2) is 22.3 Å². The minimum Gasteiger partial charge on any atom is -0.291 e. The maximum absolute atomic E-state index is 14.7. The van der Waals surface area contributed by atoms with Crippen molar-refractivity contribution in [1.29, 1.82) is 0 Å². The molecule has 0 amide bonds. The summed E-state index contributed by atoms with van der Waals surface area (Å²) in [4.78, 5) is 0. The Labute approximate surface area is 158 Å². The van der Waals surface area contributed by atoms with Crippen molar-refractivity contribution in [2.24, 2.45) is 0 Å². The van der Waals surface area contributed by atoms with Crippen LogP contribution < -0.4 is 0 Å². The predicted molar refractivity (Wildman–Crippen MR) is 65.9 cm³/mol. The summed E-state index contributed by atoms with van der Waals surface area (Å²) in [5.74, 6) is -18.4. The first kappa shape index (κ1) is 27.1. The lowest BCUT2D eigenvalue weighted by Gasteiger charge is -2.36. The standard InChI is InChI=1S/C11H9F15O3Si/c1-2(30)6(17)11(26,28-7(27-6,8(18,19)20)9(21,22)23)29-10(24,25)5(15,16)3(12)4(13)14/h2-4H,1,30H3. The Bertz CT molecular complexity index is 620. The molecule has 180 valence electrons. The molecule has 1 aliphatic rings. The zero-order valence-electron chi connectivity index (χ0n) is 14.1. The number of rotatable bonds is 6. The van der Waals surface area contributed by atoms with E-state index in [1.165, 1.54) is 0 Å². The minimum absolute atomic E-state index is 0.295. The summed E-state index contributed by atoms with van der Waals surface area (Å²) in [6.45, 7) is 0.295. The third-order valence-electron chi connectivity index (χ3n) is 3.68. The Balaban J connectivity index is 3.62. The van der Waals surface area contributed by atoms with Crippen molar-refractivity contribution in [2.45, 2.75) is 67.1 Å². The molecule has 1 heterocycles. The van der Waals surface area contributed by atoms with E-state index in [2.05, 4.69) is 14.2 Å². The van der Waals surface area contributed by atoms with Crippen LogP contribution >= 0.6 is 0 Å². The number of hydrogen-bond donors (Lipinski definition) is 0. The summed E-state index contributed by atoms with van der Waals surface area (Å²) in [6, 6.07) is -6.10. The highest BCUT2D eigenvalue weighted by Crippen LogP contribution is 2.63. The molecule has 1 aliphatic heterocycles. The van der Waals surface area contributed by atoms with Crippen LogP contribution in [-0.2, 0) is 14.2 Å². The topological polar surface area (TPSA) is 27.7 Å². The average molecular weight is 502 g/mol. The van der Waals surface area contributed by atoms with Crippen molar-refractivity contribution in [3.63, 3.8) is 0 Å². The van der Waals surface area contributed by atoms with Crippen molar-refractivity contribution in [3.8, 4) is 0 Å². The van der Waals surface area contributed by atoms with Crippen molar-refractivity contribution in [3.05, 3.63) is 0 Å². The van der Waals surface area contributed by atoms with Crippen molar-refractivity contribution < 1.29 is 80.1 Å². The summed E-state index contributed by atoms with van der Waals surface area (Å²) >= 11 is 0. The number of hydrogen-bond acceptors (Lipinski definition) is 3. The van der Waals surface area contributed by atoms with Gasteiger partial charge < -0.3 is 0 Å². The normalized spacial score (nSPS) is 30.7. The van der Waals surface area contributed by atoms with Gasteiger partial charge in [-0.15, -0.1) is 0 Å². The van der Waals surface area contributed by atoms with Crippen LogP contribution in [0.25, 0.3) is 0 Å². The average Bonchev–Trinajstić information content (AvgIpc) is 2.75. The van der Waals surface area contributed by atoms with Gasteiger partial charge in [0.15, 0.2) is 0 Å². The van der Waals surface area contributed by atoms with Crippen LogP contribution in [0.1, 0.15) is 6.92 Å². The van der Waals surface area contributed by atoms with Gasteiger partial charge in [0.2, 0.25) is 6.17 Å². The summed E-state index contributed by atoms with van der Waals surface area (Å²) < 4.78 is 205. The lowest BCUT2D eigenvalue weighted by Crippen LogP contribution is -2.60. The molecule has 1 rings (SSSR count). The van der Waals surface area contributed by atoms with E-state index >= 15 is 0 Å². The third-order valence-corrected chi connectivity index (χ3v) is 4.42. The number of halogens is 15. The zero-order valence-corrected chi connectivity index (χ0v) is 16.1. The minimum atomic E-state index is -6.94. The second kappa shape index (κ2) is 7.29. The van der Waals surface area contributed by atoms with Gasteiger partial charge in [0.25, 0.3) is 12.3 Å². The van der Waals surface area contributed by atoms with E-state index in [1.54, 1.807) is 0 Å². The third kappa shape index (κ3) is 3.85. The Morgan fingerprint density at radius 1 is 0.800 bits per heavy atom. The van der Waals surface area contributed by atoms with E-state index in [1.807, 2.05) is 0 Å². The summed E-state index contributed by atoms with van der Waals surface area (Å²) in [5.41, 5.74) is -2.50. The van der Waals surface area contributed by atoms with Crippen LogP contribution in [0.15, 0.2) is 0 Å². The molecule has 0 N–H and O–H groups in total. The van der Waals surface area contributed by atoms with Gasteiger partial charge in [-0.1, -0.05) is 6.92 Å². The molecular weight excluding hydrogens is 493 g/mol. The van der Waals surface area contributed by atoms with Crippen LogP contribution in [0.2, 0.25) is 5.54 Å². The van der Waals surface area contributed by atoms with Crippen LogP contribution in [0.3, 0.4) is 0 Å². The van der Waals surface area contributed by atoms with E-state index in [0.717, 1.165) is 0 Å². The highest BCUT2D eigenvalue weighted by molar-refractivity contribution is 6.12. The molecule has 1 fully saturated rings. The van der Waals surface area contributed by atoms with E-state index in [-0.39, 0.29) is 0 Å².